The zero-order chi connectivity index (χ0) is 12.4. The van der Waals surface area contributed by atoms with Crippen molar-refractivity contribution in [3.05, 3.63) is 37.9 Å². The molecule has 0 aliphatic carbocycles. The molecule has 0 amide bonds. The molecule has 0 fully saturated rings. The van der Waals surface area contributed by atoms with E-state index in [1.54, 1.807) is 0 Å². The largest absolute Gasteiger partial charge is 0.489 e. The van der Waals surface area contributed by atoms with Crippen molar-refractivity contribution in [2.75, 3.05) is 7.11 Å². The Hall–Kier alpha value is -1.40. The standard InChI is InChI=1S/C10H10ClN3O2S/c1-6-13-7(4-17-6)3-14-5-12-9(11)8(16-2)10(14)15/h4-5H,3H2,1-2H3. The predicted octanol–water partition coefficient (Wildman–Crippen LogP) is 1.72. The molecular formula is C10H10ClN3O2S. The molecule has 0 unspecified atom stereocenters. The molecule has 0 atom stereocenters. The van der Waals surface area contributed by atoms with Gasteiger partial charge < -0.3 is 4.74 Å². The highest BCUT2D eigenvalue weighted by Crippen LogP contribution is 2.15. The maximum absolute atomic E-state index is 11.9. The second-order valence-electron chi connectivity index (χ2n) is 3.36. The van der Waals surface area contributed by atoms with Gasteiger partial charge in [-0.25, -0.2) is 9.97 Å². The maximum atomic E-state index is 11.9. The minimum atomic E-state index is -0.307. The fraction of sp³-hybridized carbons (Fsp3) is 0.300. The summed E-state index contributed by atoms with van der Waals surface area (Å²) >= 11 is 7.28. The number of nitrogens with zero attached hydrogens (tertiary/aromatic N) is 3. The van der Waals surface area contributed by atoms with Crippen LogP contribution in [0, 0.1) is 6.92 Å². The molecule has 2 rings (SSSR count). The van der Waals surface area contributed by atoms with Gasteiger partial charge in [0.15, 0.2) is 5.15 Å². The summed E-state index contributed by atoms with van der Waals surface area (Å²) in [6, 6.07) is 0. The van der Waals surface area contributed by atoms with Gasteiger partial charge in [-0.2, -0.15) is 0 Å². The number of hydrogen-bond donors (Lipinski definition) is 0. The van der Waals surface area contributed by atoms with Crippen LogP contribution >= 0.6 is 22.9 Å². The second-order valence-corrected chi connectivity index (χ2v) is 4.78. The molecule has 0 spiro atoms. The van der Waals surface area contributed by atoms with Crippen molar-refractivity contribution in [2.24, 2.45) is 0 Å². The summed E-state index contributed by atoms with van der Waals surface area (Å²) in [6.07, 6.45) is 1.39. The van der Waals surface area contributed by atoms with Crippen LogP contribution in [-0.4, -0.2) is 21.6 Å². The van der Waals surface area contributed by atoms with Crippen LogP contribution in [0.15, 0.2) is 16.5 Å². The van der Waals surface area contributed by atoms with Crippen molar-refractivity contribution in [2.45, 2.75) is 13.5 Å². The Balaban J connectivity index is 2.37. The van der Waals surface area contributed by atoms with E-state index in [1.165, 1.54) is 29.3 Å². The normalized spacial score (nSPS) is 10.5. The highest BCUT2D eigenvalue weighted by molar-refractivity contribution is 7.09. The molecule has 17 heavy (non-hydrogen) atoms. The number of ether oxygens (including phenoxy) is 1. The lowest BCUT2D eigenvalue weighted by molar-refractivity contribution is 0.400. The molecule has 90 valence electrons. The quantitative estimate of drug-likeness (QED) is 0.798. The minimum absolute atomic E-state index is 0.0566. The summed E-state index contributed by atoms with van der Waals surface area (Å²) in [4.78, 5) is 20.1. The monoisotopic (exact) mass is 271 g/mol. The number of methoxy groups -OCH3 is 1. The van der Waals surface area contributed by atoms with E-state index in [2.05, 4.69) is 9.97 Å². The first-order chi connectivity index (χ1) is 8.11. The lowest BCUT2D eigenvalue weighted by atomic mass is 10.4. The van der Waals surface area contributed by atoms with Crippen LogP contribution in [0.4, 0.5) is 0 Å². The predicted molar refractivity (Wildman–Crippen MR) is 66.0 cm³/mol. The van der Waals surface area contributed by atoms with Gasteiger partial charge in [-0.05, 0) is 6.92 Å². The summed E-state index contributed by atoms with van der Waals surface area (Å²) < 4.78 is 6.33. The molecule has 2 aromatic rings. The maximum Gasteiger partial charge on any atom is 0.297 e. The minimum Gasteiger partial charge on any atom is -0.489 e. The number of hydrogen-bond acceptors (Lipinski definition) is 5. The summed E-state index contributed by atoms with van der Waals surface area (Å²) in [6.45, 7) is 2.28. The van der Waals surface area contributed by atoms with Gasteiger partial charge in [0.25, 0.3) is 5.56 Å². The molecule has 0 saturated carbocycles. The first-order valence-corrected chi connectivity index (χ1v) is 6.07. The van der Waals surface area contributed by atoms with Crippen molar-refractivity contribution in [1.82, 2.24) is 14.5 Å². The third-order valence-corrected chi connectivity index (χ3v) is 3.25. The summed E-state index contributed by atoms with van der Waals surface area (Å²) in [5.41, 5.74) is 0.513. The average Bonchev–Trinajstić information content (AvgIpc) is 2.69. The molecule has 0 saturated heterocycles. The number of rotatable bonds is 3. The number of aromatic nitrogens is 3. The van der Waals surface area contributed by atoms with E-state index in [0.29, 0.717) is 6.54 Å². The summed E-state index contributed by atoms with van der Waals surface area (Å²) in [5, 5.41) is 2.94. The van der Waals surface area contributed by atoms with Gasteiger partial charge in [0.2, 0.25) is 5.75 Å². The topological polar surface area (TPSA) is 57.0 Å². The first kappa shape index (κ1) is 12.1. The number of halogens is 1. The van der Waals surface area contributed by atoms with Gasteiger partial charge in [-0.15, -0.1) is 11.3 Å². The van der Waals surface area contributed by atoms with Gasteiger partial charge in [0.05, 0.1) is 30.7 Å². The molecular weight excluding hydrogens is 262 g/mol. The molecule has 0 radical (unpaired) electrons. The Morgan fingerprint density at radius 3 is 2.94 bits per heavy atom. The molecule has 0 aromatic carbocycles. The Bertz CT molecular complexity index is 593. The molecule has 0 bridgehead atoms. The zero-order valence-corrected chi connectivity index (χ0v) is 10.9. The van der Waals surface area contributed by atoms with E-state index >= 15 is 0 Å². The zero-order valence-electron chi connectivity index (χ0n) is 9.31. The first-order valence-electron chi connectivity index (χ1n) is 4.81. The van der Waals surface area contributed by atoms with Crippen LogP contribution < -0.4 is 10.3 Å². The highest BCUT2D eigenvalue weighted by atomic mass is 35.5. The molecule has 2 heterocycles. The van der Waals surface area contributed by atoms with E-state index in [-0.39, 0.29) is 16.5 Å². The van der Waals surface area contributed by atoms with E-state index in [0.717, 1.165) is 10.7 Å². The Labute approximate surface area is 107 Å². The Kier molecular flexibility index (Phi) is 3.44. The Morgan fingerprint density at radius 2 is 2.35 bits per heavy atom. The second kappa shape index (κ2) is 4.85. The molecule has 7 heteroatoms. The van der Waals surface area contributed by atoms with Crippen molar-refractivity contribution in [3.63, 3.8) is 0 Å². The van der Waals surface area contributed by atoms with Crippen molar-refractivity contribution >= 4 is 22.9 Å². The summed E-state index contributed by atoms with van der Waals surface area (Å²) in [5.74, 6) is 0.0566. The van der Waals surface area contributed by atoms with E-state index in [9.17, 15) is 4.79 Å². The summed E-state index contributed by atoms with van der Waals surface area (Å²) in [7, 11) is 1.39. The van der Waals surface area contributed by atoms with Crippen LogP contribution in [0.2, 0.25) is 5.15 Å². The average molecular weight is 272 g/mol. The van der Waals surface area contributed by atoms with Crippen LogP contribution in [-0.2, 0) is 6.54 Å². The van der Waals surface area contributed by atoms with Crippen LogP contribution in [0.3, 0.4) is 0 Å². The number of aryl methyl sites for hydroxylation is 1. The van der Waals surface area contributed by atoms with Crippen molar-refractivity contribution in [1.29, 1.82) is 0 Å². The molecule has 0 aliphatic rings. The van der Waals surface area contributed by atoms with Gasteiger partial charge >= 0.3 is 0 Å². The smallest absolute Gasteiger partial charge is 0.297 e. The highest BCUT2D eigenvalue weighted by Gasteiger charge is 2.11. The van der Waals surface area contributed by atoms with E-state index in [4.69, 9.17) is 16.3 Å². The molecule has 0 N–H and O–H groups in total. The van der Waals surface area contributed by atoms with Crippen LogP contribution in [0.25, 0.3) is 0 Å². The van der Waals surface area contributed by atoms with E-state index in [1.807, 2.05) is 12.3 Å². The van der Waals surface area contributed by atoms with Crippen molar-refractivity contribution < 1.29 is 4.74 Å². The van der Waals surface area contributed by atoms with Crippen molar-refractivity contribution in [3.8, 4) is 5.75 Å². The Morgan fingerprint density at radius 1 is 1.59 bits per heavy atom. The van der Waals surface area contributed by atoms with Gasteiger partial charge in [-0.3, -0.25) is 9.36 Å². The van der Waals surface area contributed by atoms with Gasteiger partial charge in [-0.1, -0.05) is 11.6 Å². The lowest BCUT2D eigenvalue weighted by Gasteiger charge is -2.06. The van der Waals surface area contributed by atoms with Gasteiger partial charge in [0, 0.05) is 5.38 Å². The molecule has 5 nitrogen and oxygen atoms in total. The third-order valence-electron chi connectivity index (χ3n) is 2.16. The number of thiazole rings is 1. The SMILES string of the molecule is COc1c(Cl)ncn(Cc2csc(C)n2)c1=O. The molecule has 0 aliphatic heterocycles. The van der Waals surface area contributed by atoms with Gasteiger partial charge in [0.1, 0.15) is 0 Å². The van der Waals surface area contributed by atoms with Crippen LogP contribution in [0.1, 0.15) is 10.7 Å². The third kappa shape index (κ3) is 2.48. The van der Waals surface area contributed by atoms with Crippen LogP contribution in [0.5, 0.6) is 5.75 Å². The fourth-order valence-electron chi connectivity index (χ4n) is 1.39. The lowest BCUT2D eigenvalue weighted by Crippen LogP contribution is -2.22. The molecule has 2 aromatic heterocycles. The fourth-order valence-corrected chi connectivity index (χ4v) is 2.20. The van der Waals surface area contributed by atoms with E-state index < -0.39 is 0 Å².